The second-order valence-electron chi connectivity index (χ2n) is 6.85. The number of rotatable bonds is 3. The standard InChI is InChI=1S/C18H23Cl2N2.BrH/c1-18(2)12-16(21-8-3-4-9-21)7-10-22(18)13-14-5-6-15(19)11-17(14)20;/h5-7,10-11H,3-4,8-9,12-13H2,1-2H3;1H/q+1;/p-1. The molecule has 0 aliphatic carbocycles. The Bertz CT molecular complexity index is 632. The van der Waals surface area contributed by atoms with E-state index in [1.165, 1.54) is 31.6 Å². The van der Waals surface area contributed by atoms with Gasteiger partial charge in [-0.3, -0.25) is 0 Å². The summed E-state index contributed by atoms with van der Waals surface area (Å²) < 4.78 is 2.38. The number of likely N-dealkylation sites (tertiary alicyclic amines) is 1. The molecule has 1 aromatic rings. The van der Waals surface area contributed by atoms with E-state index in [1.54, 1.807) is 0 Å². The minimum Gasteiger partial charge on any atom is -1.00 e. The summed E-state index contributed by atoms with van der Waals surface area (Å²) in [6, 6.07) is 5.75. The van der Waals surface area contributed by atoms with Crippen molar-refractivity contribution >= 4 is 29.4 Å². The molecular formula is C18H23BrCl2N2. The van der Waals surface area contributed by atoms with E-state index in [4.69, 9.17) is 23.2 Å². The van der Waals surface area contributed by atoms with Gasteiger partial charge < -0.3 is 21.9 Å². The van der Waals surface area contributed by atoms with Crippen LogP contribution in [0.15, 0.2) is 30.0 Å². The lowest BCUT2D eigenvalue weighted by Gasteiger charge is -2.31. The molecule has 1 aromatic carbocycles. The Morgan fingerprint density at radius 2 is 1.87 bits per heavy atom. The van der Waals surface area contributed by atoms with Crippen LogP contribution in [0.4, 0.5) is 0 Å². The molecule has 1 saturated heterocycles. The minimum absolute atomic E-state index is 0. The number of allylic oxidation sites excluding steroid dienone is 1. The van der Waals surface area contributed by atoms with E-state index in [1.807, 2.05) is 18.2 Å². The molecule has 2 heterocycles. The first-order chi connectivity index (χ1) is 10.5. The zero-order valence-corrected chi connectivity index (χ0v) is 16.8. The van der Waals surface area contributed by atoms with E-state index >= 15 is 0 Å². The van der Waals surface area contributed by atoms with Gasteiger partial charge in [0.15, 0.2) is 18.3 Å². The first-order valence-electron chi connectivity index (χ1n) is 7.95. The van der Waals surface area contributed by atoms with E-state index < -0.39 is 0 Å². The average molecular weight is 418 g/mol. The predicted molar refractivity (Wildman–Crippen MR) is 94.1 cm³/mol. The summed E-state index contributed by atoms with van der Waals surface area (Å²) in [5.41, 5.74) is 2.68. The topological polar surface area (TPSA) is 6.25 Å². The van der Waals surface area contributed by atoms with E-state index in [0.717, 1.165) is 23.6 Å². The van der Waals surface area contributed by atoms with Gasteiger partial charge in [0.2, 0.25) is 0 Å². The molecule has 0 saturated carbocycles. The Hall–Kier alpha value is -0.510. The number of hydrogen-bond acceptors (Lipinski definition) is 1. The first kappa shape index (κ1) is 18.8. The molecular weight excluding hydrogens is 395 g/mol. The third-order valence-electron chi connectivity index (χ3n) is 4.71. The molecule has 1 fully saturated rings. The van der Waals surface area contributed by atoms with E-state index in [2.05, 4.69) is 35.6 Å². The van der Waals surface area contributed by atoms with Crippen molar-refractivity contribution in [3.8, 4) is 0 Å². The van der Waals surface area contributed by atoms with Crippen LogP contribution in [0.3, 0.4) is 0 Å². The zero-order valence-electron chi connectivity index (χ0n) is 13.7. The maximum absolute atomic E-state index is 6.33. The normalized spacial score (nSPS) is 19.9. The first-order valence-corrected chi connectivity index (χ1v) is 8.71. The number of benzene rings is 1. The zero-order chi connectivity index (χ0) is 15.7. The van der Waals surface area contributed by atoms with Crippen molar-refractivity contribution in [3.63, 3.8) is 0 Å². The Labute approximate surface area is 159 Å². The molecule has 2 nitrogen and oxygen atoms in total. The maximum atomic E-state index is 6.33. The second kappa shape index (κ2) is 7.58. The van der Waals surface area contributed by atoms with Crippen LogP contribution in [0.5, 0.6) is 0 Å². The Kier molecular flexibility index (Phi) is 6.21. The van der Waals surface area contributed by atoms with Gasteiger partial charge in [-0.1, -0.05) is 23.2 Å². The number of halogens is 3. The Balaban J connectivity index is 0.00000192. The van der Waals surface area contributed by atoms with Gasteiger partial charge in [-0.05, 0) is 31.0 Å². The van der Waals surface area contributed by atoms with E-state index in [0.29, 0.717) is 5.02 Å². The lowest BCUT2D eigenvalue weighted by molar-refractivity contribution is -0.612. The van der Waals surface area contributed by atoms with Crippen LogP contribution in [0.25, 0.3) is 0 Å². The lowest BCUT2D eigenvalue weighted by atomic mass is 9.93. The van der Waals surface area contributed by atoms with Gasteiger partial charge in [-0.15, -0.1) is 0 Å². The molecule has 2 aliphatic rings. The molecule has 2 aliphatic heterocycles. The lowest BCUT2D eigenvalue weighted by Crippen LogP contribution is -3.00. The fourth-order valence-electron chi connectivity index (χ4n) is 3.30. The van der Waals surface area contributed by atoms with E-state index in [-0.39, 0.29) is 22.5 Å². The summed E-state index contributed by atoms with van der Waals surface area (Å²) in [5.74, 6) is 0. The van der Waals surface area contributed by atoms with Gasteiger partial charge >= 0.3 is 0 Å². The number of hydrogen-bond donors (Lipinski definition) is 0. The second-order valence-corrected chi connectivity index (χ2v) is 7.70. The van der Waals surface area contributed by atoms with Gasteiger partial charge in [0.05, 0.1) is 11.4 Å². The highest BCUT2D eigenvalue weighted by Gasteiger charge is 2.36. The van der Waals surface area contributed by atoms with Crippen LogP contribution in [0.1, 0.15) is 38.7 Å². The van der Waals surface area contributed by atoms with Crippen LogP contribution in [0.2, 0.25) is 10.0 Å². The molecule has 0 amide bonds. The van der Waals surface area contributed by atoms with Gasteiger partial charge in [0, 0.05) is 49.3 Å². The van der Waals surface area contributed by atoms with Crippen LogP contribution < -0.4 is 17.0 Å². The third-order valence-corrected chi connectivity index (χ3v) is 5.29. The van der Waals surface area contributed by atoms with Crippen LogP contribution >= 0.6 is 23.2 Å². The monoisotopic (exact) mass is 416 g/mol. The number of nitrogens with zero attached hydrogens (tertiary/aromatic N) is 2. The van der Waals surface area contributed by atoms with Crippen molar-refractivity contribution in [1.82, 2.24) is 4.90 Å². The van der Waals surface area contributed by atoms with Crippen molar-refractivity contribution in [3.05, 3.63) is 45.6 Å². The van der Waals surface area contributed by atoms with Crippen molar-refractivity contribution in [1.29, 1.82) is 0 Å². The summed E-state index contributed by atoms with van der Waals surface area (Å²) in [5, 5.41) is 1.43. The van der Waals surface area contributed by atoms with Crippen LogP contribution in [-0.2, 0) is 6.54 Å². The van der Waals surface area contributed by atoms with Gasteiger partial charge in [0.1, 0.15) is 0 Å². The highest BCUT2D eigenvalue weighted by molar-refractivity contribution is 6.35. The summed E-state index contributed by atoms with van der Waals surface area (Å²) in [4.78, 5) is 2.53. The molecule has 126 valence electrons. The highest BCUT2D eigenvalue weighted by Crippen LogP contribution is 2.30. The van der Waals surface area contributed by atoms with E-state index in [9.17, 15) is 0 Å². The summed E-state index contributed by atoms with van der Waals surface area (Å²) in [6.07, 6.45) is 8.22. The van der Waals surface area contributed by atoms with Gasteiger partial charge in [0.25, 0.3) is 0 Å². The molecule has 0 aromatic heterocycles. The highest BCUT2D eigenvalue weighted by atomic mass is 79.9. The Morgan fingerprint density at radius 1 is 1.17 bits per heavy atom. The molecule has 23 heavy (non-hydrogen) atoms. The molecule has 0 bridgehead atoms. The van der Waals surface area contributed by atoms with Crippen molar-refractivity contribution < 1.29 is 21.6 Å². The van der Waals surface area contributed by atoms with Crippen LogP contribution in [-0.4, -0.2) is 34.3 Å². The summed E-state index contributed by atoms with van der Waals surface area (Å²) in [7, 11) is 0. The summed E-state index contributed by atoms with van der Waals surface area (Å²) >= 11 is 12.3. The molecule has 0 radical (unpaired) electrons. The quantitative estimate of drug-likeness (QED) is 0.679. The molecule has 3 rings (SSSR count). The fourth-order valence-corrected chi connectivity index (χ4v) is 3.77. The largest absolute Gasteiger partial charge is 1.00 e. The van der Waals surface area contributed by atoms with Crippen molar-refractivity contribution in [2.45, 2.75) is 45.2 Å². The molecule has 5 heteroatoms. The summed E-state index contributed by atoms with van der Waals surface area (Å²) in [6.45, 7) is 7.83. The predicted octanol–water partition coefficient (Wildman–Crippen LogP) is 1.74. The van der Waals surface area contributed by atoms with Crippen molar-refractivity contribution in [2.24, 2.45) is 0 Å². The molecule has 0 N–H and O–H groups in total. The SMILES string of the molecule is CC1(C)CC(N2CCCC2)=CC=[N+]1Cc1ccc(Cl)cc1Cl.[Br-]. The molecule has 0 spiro atoms. The third kappa shape index (κ3) is 4.32. The van der Waals surface area contributed by atoms with Gasteiger partial charge in [-0.25, -0.2) is 4.58 Å². The average Bonchev–Trinajstić information content (AvgIpc) is 2.97. The maximum Gasteiger partial charge on any atom is 0.170 e. The van der Waals surface area contributed by atoms with Gasteiger partial charge in [-0.2, -0.15) is 0 Å². The minimum atomic E-state index is 0. The van der Waals surface area contributed by atoms with Crippen LogP contribution in [0, 0.1) is 0 Å². The molecule has 0 atom stereocenters. The fraction of sp³-hybridized carbons (Fsp3) is 0.500. The molecule has 0 unspecified atom stereocenters. The smallest absolute Gasteiger partial charge is 0.170 e. The van der Waals surface area contributed by atoms with Crippen molar-refractivity contribution in [2.75, 3.05) is 13.1 Å². The Morgan fingerprint density at radius 3 is 2.48 bits per heavy atom.